The lowest BCUT2D eigenvalue weighted by molar-refractivity contribution is 1.02. The number of halogens is 1. The summed E-state index contributed by atoms with van der Waals surface area (Å²) in [5, 5.41) is 2.33. The Kier molecular flexibility index (Phi) is 2.94. The van der Waals surface area contributed by atoms with Gasteiger partial charge in [-0.3, -0.25) is 0 Å². The largest absolute Gasteiger partial charge is 0.397 e. The number of nitrogen functional groups attached to an aromatic ring is 1. The minimum absolute atomic E-state index is 0.699. The molecule has 0 bridgehead atoms. The second-order valence-corrected chi connectivity index (χ2v) is 3.20. The molecule has 4 N–H and O–H groups in total. The first-order valence-corrected chi connectivity index (χ1v) is 4.70. The average Bonchev–Trinajstić information content (AvgIpc) is 2.05. The molecule has 0 radical (unpaired) electrons. The lowest BCUT2D eigenvalue weighted by Crippen LogP contribution is -2.26. The quantitative estimate of drug-likeness (QED) is 0.350. The number of benzene rings is 1. The summed E-state index contributed by atoms with van der Waals surface area (Å²) in [6, 6.07) is 5.79. The van der Waals surface area contributed by atoms with E-state index >= 15 is 0 Å². The number of nitrogens with zero attached hydrogens (tertiary/aromatic N) is 1. The number of hydrazine groups is 1. The topological polar surface area (TPSA) is 55.3 Å². The van der Waals surface area contributed by atoms with Crippen molar-refractivity contribution in [1.82, 2.24) is 0 Å². The maximum atomic E-state index is 5.71. The average molecular weight is 230 g/mol. The van der Waals surface area contributed by atoms with Gasteiger partial charge < -0.3 is 10.7 Å². The van der Waals surface area contributed by atoms with Crippen LogP contribution in [-0.4, -0.2) is 7.05 Å². The third-order valence-electron chi connectivity index (χ3n) is 1.63. The maximum Gasteiger partial charge on any atom is 0.0746 e. The highest BCUT2D eigenvalue weighted by Gasteiger charge is 2.01. The Morgan fingerprint density at radius 2 is 2.17 bits per heavy atom. The van der Waals surface area contributed by atoms with Crippen molar-refractivity contribution >= 4 is 27.3 Å². The van der Waals surface area contributed by atoms with E-state index in [0.29, 0.717) is 5.69 Å². The monoisotopic (exact) mass is 229 g/mol. The first-order chi connectivity index (χ1) is 5.65. The van der Waals surface area contributed by atoms with E-state index in [1.165, 1.54) is 5.01 Å². The zero-order valence-corrected chi connectivity index (χ0v) is 8.51. The number of anilines is 2. The Morgan fingerprint density at radius 3 is 2.67 bits per heavy atom. The second-order valence-electron chi connectivity index (χ2n) is 2.64. The fourth-order valence-electron chi connectivity index (χ4n) is 0.978. The summed E-state index contributed by atoms with van der Waals surface area (Å²) in [6.45, 7) is 0. The van der Waals surface area contributed by atoms with Crippen LogP contribution in [0.2, 0.25) is 0 Å². The molecule has 0 unspecified atom stereocenters. The molecular weight excluding hydrogens is 218 g/mol. The molecule has 0 spiro atoms. The van der Waals surface area contributed by atoms with Crippen LogP contribution in [-0.2, 0) is 5.33 Å². The molecule has 0 heterocycles. The van der Waals surface area contributed by atoms with Crippen molar-refractivity contribution in [2.45, 2.75) is 5.33 Å². The third-order valence-corrected chi connectivity index (χ3v) is 2.28. The molecule has 1 aromatic carbocycles. The van der Waals surface area contributed by atoms with E-state index in [2.05, 4.69) is 15.9 Å². The van der Waals surface area contributed by atoms with E-state index in [0.717, 1.165) is 16.6 Å². The molecule has 0 amide bonds. The standard InChI is InChI=1S/C8H12BrN3/c1-12(11)8-4-6(5-9)2-3-7(8)10/h2-4H,5,10-11H2,1H3. The van der Waals surface area contributed by atoms with E-state index in [4.69, 9.17) is 11.6 Å². The van der Waals surface area contributed by atoms with E-state index in [9.17, 15) is 0 Å². The molecule has 4 heteroatoms. The second kappa shape index (κ2) is 3.78. The van der Waals surface area contributed by atoms with E-state index < -0.39 is 0 Å². The van der Waals surface area contributed by atoms with Crippen molar-refractivity contribution in [3.05, 3.63) is 23.8 Å². The fraction of sp³-hybridized carbons (Fsp3) is 0.250. The predicted octanol–water partition coefficient (Wildman–Crippen LogP) is 1.47. The summed E-state index contributed by atoms with van der Waals surface area (Å²) >= 11 is 3.37. The van der Waals surface area contributed by atoms with Crippen molar-refractivity contribution in [3.8, 4) is 0 Å². The number of hydrogen-bond donors (Lipinski definition) is 2. The van der Waals surface area contributed by atoms with Gasteiger partial charge in [-0.15, -0.1) is 0 Å². The van der Waals surface area contributed by atoms with Gasteiger partial charge in [0.15, 0.2) is 0 Å². The predicted molar refractivity (Wildman–Crippen MR) is 56.1 cm³/mol. The molecule has 0 atom stereocenters. The Hall–Kier alpha value is -0.740. The van der Waals surface area contributed by atoms with Crippen molar-refractivity contribution in [1.29, 1.82) is 0 Å². The van der Waals surface area contributed by atoms with Gasteiger partial charge in [-0.1, -0.05) is 22.0 Å². The normalized spacial score (nSPS) is 9.92. The van der Waals surface area contributed by atoms with Crippen LogP contribution in [0.25, 0.3) is 0 Å². The highest BCUT2D eigenvalue weighted by molar-refractivity contribution is 9.08. The van der Waals surface area contributed by atoms with Crippen LogP contribution in [0.1, 0.15) is 5.56 Å². The lowest BCUT2D eigenvalue weighted by atomic mass is 10.2. The highest BCUT2D eigenvalue weighted by atomic mass is 79.9. The van der Waals surface area contributed by atoms with Crippen LogP contribution in [0.4, 0.5) is 11.4 Å². The summed E-state index contributed by atoms with van der Waals surface area (Å²) in [4.78, 5) is 0. The Balaban J connectivity index is 3.08. The van der Waals surface area contributed by atoms with Crippen molar-refractivity contribution < 1.29 is 0 Å². The molecular formula is C8H12BrN3. The minimum atomic E-state index is 0.699. The molecule has 3 nitrogen and oxygen atoms in total. The van der Waals surface area contributed by atoms with Crippen molar-refractivity contribution in [3.63, 3.8) is 0 Å². The van der Waals surface area contributed by atoms with Crippen LogP contribution in [0.5, 0.6) is 0 Å². The van der Waals surface area contributed by atoms with Gasteiger partial charge in [-0.2, -0.15) is 0 Å². The van der Waals surface area contributed by atoms with Gasteiger partial charge in [-0.25, -0.2) is 5.84 Å². The number of alkyl halides is 1. The first kappa shape index (κ1) is 9.35. The molecule has 12 heavy (non-hydrogen) atoms. The highest BCUT2D eigenvalue weighted by Crippen LogP contribution is 2.22. The molecule has 1 aromatic rings. The fourth-order valence-corrected chi connectivity index (χ4v) is 1.33. The van der Waals surface area contributed by atoms with Gasteiger partial charge in [0.2, 0.25) is 0 Å². The molecule has 0 aromatic heterocycles. The number of hydrogen-bond acceptors (Lipinski definition) is 3. The van der Waals surface area contributed by atoms with Gasteiger partial charge in [0, 0.05) is 12.4 Å². The smallest absolute Gasteiger partial charge is 0.0746 e. The summed E-state index contributed by atoms with van der Waals surface area (Å²) in [5.41, 5.74) is 8.42. The van der Waals surface area contributed by atoms with Crippen LogP contribution in [0.3, 0.4) is 0 Å². The van der Waals surface area contributed by atoms with Gasteiger partial charge in [0.25, 0.3) is 0 Å². The van der Waals surface area contributed by atoms with Crippen molar-refractivity contribution in [2.75, 3.05) is 17.8 Å². The van der Waals surface area contributed by atoms with Crippen LogP contribution in [0.15, 0.2) is 18.2 Å². The van der Waals surface area contributed by atoms with Crippen LogP contribution < -0.4 is 16.6 Å². The first-order valence-electron chi connectivity index (χ1n) is 3.58. The maximum absolute atomic E-state index is 5.71. The molecule has 0 saturated carbocycles. The number of rotatable bonds is 2. The molecule has 1 rings (SSSR count). The molecule has 66 valence electrons. The summed E-state index contributed by atoms with van der Waals surface area (Å²) < 4.78 is 0. The molecule has 0 aliphatic carbocycles. The van der Waals surface area contributed by atoms with E-state index in [1.807, 2.05) is 18.2 Å². The third kappa shape index (κ3) is 1.89. The zero-order chi connectivity index (χ0) is 9.14. The molecule has 0 aliphatic rings. The van der Waals surface area contributed by atoms with E-state index in [-0.39, 0.29) is 0 Å². The summed E-state index contributed by atoms with van der Waals surface area (Å²) in [7, 11) is 1.77. The SMILES string of the molecule is CN(N)c1cc(CBr)ccc1N. The summed E-state index contributed by atoms with van der Waals surface area (Å²) in [6.07, 6.45) is 0. The Bertz CT molecular complexity index is 273. The van der Waals surface area contributed by atoms with Gasteiger partial charge in [0.05, 0.1) is 11.4 Å². The summed E-state index contributed by atoms with van der Waals surface area (Å²) in [5.74, 6) is 5.58. The van der Waals surface area contributed by atoms with Crippen LogP contribution in [0, 0.1) is 0 Å². The number of nitrogens with two attached hydrogens (primary N) is 2. The van der Waals surface area contributed by atoms with Crippen LogP contribution >= 0.6 is 15.9 Å². The van der Waals surface area contributed by atoms with Gasteiger partial charge >= 0.3 is 0 Å². The Morgan fingerprint density at radius 1 is 1.50 bits per heavy atom. The molecule has 0 fully saturated rings. The van der Waals surface area contributed by atoms with Gasteiger partial charge in [0.1, 0.15) is 0 Å². The van der Waals surface area contributed by atoms with Crippen molar-refractivity contribution in [2.24, 2.45) is 5.84 Å². The lowest BCUT2D eigenvalue weighted by Gasteiger charge is -2.15. The minimum Gasteiger partial charge on any atom is -0.397 e. The van der Waals surface area contributed by atoms with Gasteiger partial charge in [-0.05, 0) is 17.7 Å². The molecule has 0 aliphatic heterocycles. The Labute approximate surface area is 80.4 Å². The zero-order valence-electron chi connectivity index (χ0n) is 6.92. The molecule has 0 saturated heterocycles. The van der Waals surface area contributed by atoms with E-state index in [1.54, 1.807) is 7.05 Å².